The van der Waals surface area contributed by atoms with Gasteiger partial charge in [0.15, 0.2) is 0 Å². The fourth-order valence-electron chi connectivity index (χ4n) is 2.96. The zero-order valence-electron chi connectivity index (χ0n) is 12.9. The van der Waals surface area contributed by atoms with Crippen LogP contribution in [0.25, 0.3) is 0 Å². The van der Waals surface area contributed by atoms with Crippen molar-refractivity contribution in [2.75, 3.05) is 19.6 Å². The van der Waals surface area contributed by atoms with Crippen molar-refractivity contribution in [2.45, 2.75) is 39.2 Å². The molecule has 0 saturated carbocycles. The van der Waals surface area contributed by atoms with Gasteiger partial charge in [-0.15, -0.1) is 0 Å². The molecule has 0 aliphatic carbocycles. The molecule has 1 fully saturated rings. The molecule has 1 atom stereocenters. The molecule has 1 aromatic rings. The third kappa shape index (κ3) is 4.21. The summed E-state index contributed by atoms with van der Waals surface area (Å²) >= 11 is 6.10. The first-order valence-corrected chi connectivity index (χ1v) is 8.29. The fourth-order valence-corrected chi connectivity index (χ4v) is 3.15. The summed E-state index contributed by atoms with van der Waals surface area (Å²) in [7, 11) is 0. The third-order valence-corrected chi connectivity index (χ3v) is 4.65. The van der Waals surface area contributed by atoms with E-state index < -0.39 is 0 Å². The lowest BCUT2D eigenvalue weighted by molar-refractivity contribution is -0.135. The Hall–Kier alpha value is -1.06. The Labute approximate surface area is 132 Å². The van der Waals surface area contributed by atoms with Crippen molar-refractivity contribution in [3.8, 4) is 0 Å². The maximum Gasteiger partial charge on any atom is 0.223 e. The number of amides is 1. The minimum atomic E-state index is 0.0966. The van der Waals surface area contributed by atoms with Crippen molar-refractivity contribution in [1.29, 1.82) is 0 Å². The molecule has 0 spiro atoms. The van der Waals surface area contributed by atoms with Gasteiger partial charge in [0.05, 0.1) is 6.04 Å². The summed E-state index contributed by atoms with van der Waals surface area (Å²) in [6, 6.07) is 7.95. The molecule has 1 aromatic carbocycles. The van der Waals surface area contributed by atoms with E-state index in [1.807, 2.05) is 23.1 Å². The minimum absolute atomic E-state index is 0.0966. The van der Waals surface area contributed by atoms with Gasteiger partial charge in [0.1, 0.15) is 0 Å². The number of carbonyl (C=O) groups excluding carboxylic acids is 1. The van der Waals surface area contributed by atoms with Gasteiger partial charge in [-0.1, -0.05) is 50.4 Å². The third-order valence-electron chi connectivity index (χ3n) is 4.42. The van der Waals surface area contributed by atoms with E-state index in [2.05, 4.69) is 25.2 Å². The summed E-state index contributed by atoms with van der Waals surface area (Å²) in [5.74, 6) is 0.766. The number of benzene rings is 1. The summed E-state index contributed by atoms with van der Waals surface area (Å²) in [6.45, 7) is 6.76. The predicted molar refractivity (Wildman–Crippen MR) is 87.5 cm³/mol. The number of halogens is 1. The second-order valence-electron chi connectivity index (χ2n) is 5.75. The van der Waals surface area contributed by atoms with Crippen LogP contribution >= 0.6 is 11.6 Å². The maximum atomic E-state index is 12.7. The van der Waals surface area contributed by atoms with Crippen LogP contribution in [0.15, 0.2) is 24.3 Å². The van der Waals surface area contributed by atoms with Crippen LogP contribution in [0.5, 0.6) is 0 Å². The van der Waals surface area contributed by atoms with Crippen molar-refractivity contribution < 1.29 is 4.79 Å². The largest absolute Gasteiger partial charge is 0.333 e. The topological polar surface area (TPSA) is 32.3 Å². The summed E-state index contributed by atoms with van der Waals surface area (Å²) in [5, 5.41) is 4.11. The number of hydrogen-bond acceptors (Lipinski definition) is 2. The highest BCUT2D eigenvalue weighted by molar-refractivity contribution is 6.30. The molecule has 4 heteroatoms. The summed E-state index contributed by atoms with van der Waals surface area (Å²) in [6.07, 6.45) is 2.79. The smallest absolute Gasteiger partial charge is 0.223 e. The molecule has 1 aliphatic heterocycles. The average Bonchev–Trinajstić information content (AvgIpc) is 2.52. The zero-order valence-corrected chi connectivity index (χ0v) is 13.7. The van der Waals surface area contributed by atoms with Crippen LogP contribution in [0.4, 0.5) is 0 Å². The van der Waals surface area contributed by atoms with E-state index in [-0.39, 0.29) is 11.9 Å². The first kappa shape index (κ1) is 16.3. The Morgan fingerprint density at radius 2 is 2.19 bits per heavy atom. The van der Waals surface area contributed by atoms with Gasteiger partial charge in [-0.2, -0.15) is 0 Å². The molecule has 1 N–H and O–H groups in total. The van der Waals surface area contributed by atoms with E-state index >= 15 is 0 Å². The van der Waals surface area contributed by atoms with Gasteiger partial charge in [0.2, 0.25) is 5.91 Å². The lowest BCUT2D eigenvalue weighted by atomic mass is 9.96. The first-order chi connectivity index (χ1) is 10.2. The minimum Gasteiger partial charge on any atom is -0.333 e. The van der Waals surface area contributed by atoms with Crippen LogP contribution in [0.1, 0.15) is 44.7 Å². The van der Waals surface area contributed by atoms with E-state index in [4.69, 9.17) is 11.6 Å². The molecular weight excluding hydrogens is 284 g/mol. The monoisotopic (exact) mass is 308 g/mol. The highest BCUT2D eigenvalue weighted by Crippen LogP contribution is 2.26. The van der Waals surface area contributed by atoms with Crippen LogP contribution in [0.2, 0.25) is 5.02 Å². The van der Waals surface area contributed by atoms with E-state index in [9.17, 15) is 4.79 Å². The molecule has 0 aromatic heterocycles. The number of carbonyl (C=O) groups is 1. The molecule has 0 bridgehead atoms. The van der Waals surface area contributed by atoms with E-state index in [0.717, 1.165) is 43.1 Å². The maximum absolute atomic E-state index is 12.7. The summed E-state index contributed by atoms with van der Waals surface area (Å²) in [4.78, 5) is 14.7. The van der Waals surface area contributed by atoms with Crippen LogP contribution in [0, 0.1) is 5.92 Å². The van der Waals surface area contributed by atoms with Gasteiger partial charge in [-0.25, -0.2) is 0 Å². The summed E-state index contributed by atoms with van der Waals surface area (Å²) < 4.78 is 0. The number of rotatable bonds is 5. The highest BCUT2D eigenvalue weighted by atomic mass is 35.5. The predicted octanol–water partition coefficient (Wildman–Crippen LogP) is 3.64. The van der Waals surface area contributed by atoms with Crippen LogP contribution in [-0.4, -0.2) is 30.4 Å². The molecule has 2 rings (SSSR count). The normalized spacial score (nSPS) is 19.0. The number of hydrogen-bond donors (Lipinski definition) is 1. The lowest BCUT2D eigenvalue weighted by Crippen LogP contribution is -2.49. The van der Waals surface area contributed by atoms with Gasteiger partial charge in [-0.05, 0) is 23.6 Å². The van der Waals surface area contributed by atoms with Gasteiger partial charge in [0.25, 0.3) is 0 Å². The van der Waals surface area contributed by atoms with Crippen molar-refractivity contribution in [3.05, 3.63) is 34.9 Å². The van der Waals surface area contributed by atoms with Gasteiger partial charge in [-0.3, -0.25) is 4.79 Å². The van der Waals surface area contributed by atoms with Crippen LogP contribution in [0.3, 0.4) is 0 Å². The van der Waals surface area contributed by atoms with Crippen molar-refractivity contribution in [2.24, 2.45) is 5.92 Å². The standard InChI is InChI=1S/C17H25ClN2O/c1-3-13(4-2)10-17(21)20-9-8-19-12-16(20)14-6-5-7-15(18)11-14/h5-7,11,13,16,19H,3-4,8-10,12H2,1-2H3. The fraction of sp³-hybridized carbons (Fsp3) is 0.588. The highest BCUT2D eigenvalue weighted by Gasteiger charge is 2.28. The Balaban J connectivity index is 2.13. The number of piperazine rings is 1. The second-order valence-corrected chi connectivity index (χ2v) is 6.19. The molecule has 21 heavy (non-hydrogen) atoms. The van der Waals surface area contributed by atoms with Crippen molar-refractivity contribution >= 4 is 17.5 Å². The molecular formula is C17H25ClN2O. The molecule has 1 saturated heterocycles. The molecule has 1 heterocycles. The SMILES string of the molecule is CCC(CC)CC(=O)N1CCNCC1c1cccc(Cl)c1. The average molecular weight is 309 g/mol. The molecule has 0 radical (unpaired) electrons. The van der Waals surface area contributed by atoms with Gasteiger partial charge >= 0.3 is 0 Å². The summed E-state index contributed by atoms with van der Waals surface area (Å²) in [5.41, 5.74) is 1.12. The Morgan fingerprint density at radius 3 is 2.86 bits per heavy atom. The lowest BCUT2D eigenvalue weighted by Gasteiger charge is -2.37. The number of nitrogens with zero attached hydrogens (tertiary/aromatic N) is 1. The van der Waals surface area contributed by atoms with E-state index in [0.29, 0.717) is 12.3 Å². The van der Waals surface area contributed by atoms with Crippen LogP contribution in [-0.2, 0) is 4.79 Å². The molecule has 116 valence electrons. The van der Waals surface area contributed by atoms with Gasteiger partial charge in [0, 0.05) is 31.1 Å². The quantitative estimate of drug-likeness (QED) is 0.900. The first-order valence-electron chi connectivity index (χ1n) is 7.91. The Bertz CT molecular complexity index is 474. The second kappa shape index (κ2) is 7.81. The Morgan fingerprint density at radius 1 is 1.43 bits per heavy atom. The zero-order chi connectivity index (χ0) is 15.2. The van der Waals surface area contributed by atoms with Crippen molar-refractivity contribution in [1.82, 2.24) is 10.2 Å². The molecule has 3 nitrogen and oxygen atoms in total. The van der Waals surface area contributed by atoms with Crippen molar-refractivity contribution in [3.63, 3.8) is 0 Å². The molecule has 1 amide bonds. The molecule has 1 aliphatic rings. The molecule has 1 unspecified atom stereocenters. The van der Waals surface area contributed by atoms with E-state index in [1.165, 1.54) is 0 Å². The van der Waals surface area contributed by atoms with Gasteiger partial charge < -0.3 is 10.2 Å². The van der Waals surface area contributed by atoms with Crippen LogP contribution < -0.4 is 5.32 Å². The number of nitrogens with one attached hydrogen (secondary N) is 1. The van der Waals surface area contributed by atoms with E-state index in [1.54, 1.807) is 0 Å². The Kier molecular flexibility index (Phi) is 6.07.